The molecular formula is C7H6BrNO3. The molecular weight excluding hydrogens is 226 g/mol. The predicted octanol–water partition coefficient (Wildman–Crippen LogP) is 2.60. The predicted molar refractivity (Wildman–Crippen MR) is 48.2 cm³/mol. The van der Waals surface area contributed by atoms with Gasteiger partial charge in [0.25, 0.3) is 0 Å². The molecule has 0 fully saturated rings. The highest BCUT2D eigenvalue weighted by Crippen LogP contribution is 2.16. The fraction of sp³-hybridized carbons (Fsp3) is 0.143. The highest BCUT2D eigenvalue weighted by atomic mass is 79.9. The number of allylic oxidation sites excluding steroid dienone is 1. The van der Waals surface area contributed by atoms with Crippen LogP contribution in [0.25, 0.3) is 6.08 Å². The van der Waals surface area contributed by atoms with E-state index in [-0.39, 0.29) is 5.88 Å². The highest BCUT2D eigenvalue weighted by Gasteiger charge is 2.09. The SMILES string of the molecule is O=[N+]([O-])c1ccc(/C=C/CBr)o1. The van der Waals surface area contributed by atoms with Gasteiger partial charge in [-0.05, 0) is 12.1 Å². The van der Waals surface area contributed by atoms with Crippen molar-refractivity contribution in [1.29, 1.82) is 0 Å². The summed E-state index contributed by atoms with van der Waals surface area (Å²) in [5.74, 6) is 0.255. The molecule has 1 heterocycles. The first-order valence-corrected chi connectivity index (χ1v) is 4.33. The smallest absolute Gasteiger partial charge is 0.401 e. The molecule has 0 saturated heterocycles. The van der Waals surface area contributed by atoms with E-state index < -0.39 is 4.92 Å². The van der Waals surface area contributed by atoms with Gasteiger partial charge >= 0.3 is 5.88 Å². The molecule has 64 valence electrons. The van der Waals surface area contributed by atoms with Gasteiger partial charge in [0.2, 0.25) is 0 Å². The van der Waals surface area contributed by atoms with E-state index in [1.54, 1.807) is 18.2 Å². The second kappa shape index (κ2) is 4.06. The van der Waals surface area contributed by atoms with Crippen molar-refractivity contribution in [3.05, 3.63) is 34.1 Å². The lowest BCUT2D eigenvalue weighted by Gasteiger charge is -1.82. The summed E-state index contributed by atoms with van der Waals surface area (Å²) in [7, 11) is 0. The van der Waals surface area contributed by atoms with Crippen LogP contribution in [0.3, 0.4) is 0 Å². The first-order chi connectivity index (χ1) is 5.74. The molecule has 0 N–H and O–H groups in total. The van der Waals surface area contributed by atoms with E-state index in [2.05, 4.69) is 15.9 Å². The minimum atomic E-state index is -0.564. The van der Waals surface area contributed by atoms with Crippen molar-refractivity contribution in [2.24, 2.45) is 0 Å². The summed E-state index contributed by atoms with van der Waals surface area (Å²) in [6.07, 6.45) is 3.46. The zero-order valence-corrected chi connectivity index (χ0v) is 7.65. The van der Waals surface area contributed by atoms with Gasteiger partial charge in [-0.2, -0.15) is 0 Å². The van der Waals surface area contributed by atoms with Crippen LogP contribution in [0, 0.1) is 10.1 Å². The van der Waals surface area contributed by atoms with Crippen LogP contribution < -0.4 is 0 Å². The molecule has 5 heteroatoms. The van der Waals surface area contributed by atoms with Gasteiger partial charge in [0, 0.05) is 5.33 Å². The Morgan fingerprint density at radius 3 is 2.92 bits per heavy atom. The lowest BCUT2D eigenvalue weighted by atomic mass is 10.4. The molecule has 0 atom stereocenters. The summed E-state index contributed by atoms with van der Waals surface area (Å²) in [6, 6.07) is 2.88. The number of furan rings is 1. The van der Waals surface area contributed by atoms with Gasteiger partial charge in [0.05, 0.1) is 6.07 Å². The van der Waals surface area contributed by atoms with Crippen LogP contribution in [0.5, 0.6) is 0 Å². The van der Waals surface area contributed by atoms with Crippen LogP contribution in [-0.4, -0.2) is 10.3 Å². The van der Waals surface area contributed by atoms with Crippen LogP contribution >= 0.6 is 15.9 Å². The Balaban J connectivity index is 2.77. The van der Waals surface area contributed by atoms with Gasteiger partial charge in [0.15, 0.2) is 0 Å². The highest BCUT2D eigenvalue weighted by molar-refractivity contribution is 9.09. The lowest BCUT2D eigenvalue weighted by molar-refractivity contribution is -0.402. The van der Waals surface area contributed by atoms with Gasteiger partial charge in [0.1, 0.15) is 10.7 Å². The van der Waals surface area contributed by atoms with E-state index in [9.17, 15) is 10.1 Å². The maximum Gasteiger partial charge on any atom is 0.433 e. The molecule has 0 spiro atoms. The number of halogens is 1. The van der Waals surface area contributed by atoms with E-state index >= 15 is 0 Å². The summed E-state index contributed by atoms with van der Waals surface area (Å²) in [6.45, 7) is 0. The number of alkyl halides is 1. The molecule has 4 nitrogen and oxygen atoms in total. The normalized spacial score (nSPS) is 10.8. The average molecular weight is 232 g/mol. The number of nitro groups is 1. The summed E-state index contributed by atoms with van der Waals surface area (Å²) in [5, 5.41) is 10.9. The van der Waals surface area contributed by atoms with E-state index in [1.807, 2.05) is 0 Å². The Labute approximate surface area is 77.2 Å². The maximum atomic E-state index is 10.2. The molecule has 1 aromatic heterocycles. The standard InChI is InChI=1S/C7H6BrNO3/c8-5-1-2-6-3-4-7(12-6)9(10)11/h1-4H,5H2/b2-1+. The molecule has 0 saturated carbocycles. The third kappa shape index (κ3) is 2.20. The Bertz CT molecular complexity index is 305. The van der Waals surface area contributed by atoms with Crippen molar-refractivity contribution in [3.8, 4) is 0 Å². The molecule has 12 heavy (non-hydrogen) atoms. The molecule has 0 radical (unpaired) electrons. The number of rotatable bonds is 3. The van der Waals surface area contributed by atoms with Gasteiger partial charge in [-0.3, -0.25) is 10.1 Å². The van der Waals surface area contributed by atoms with Gasteiger partial charge in [-0.25, -0.2) is 0 Å². The van der Waals surface area contributed by atoms with E-state index in [0.717, 1.165) is 0 Å². The molecule has 0 bridgehead atoms. The Hall–Kier alpha value is -1.10. The third-order valence-corrected chi connectivity index (χ3v) is 1.54. The summed E-state index contributed by atoms with van der Waals surface area (Å²) in [4.78, 5) is 9.60. The second-order valence-corrected chi connectivity index (χ2v) is 2.64. The average Bonchev–Trinajstić information content (AvgIpc) is 2.48. The van der Waals surface area contributed by atoms with E-state index in [1.165, 1.54) is 6.07 Å². The van der Waals surface area contributed by atoms with Gasteiger partial charge < -0.3 is 4.42 Å². The Morgan fingerprint density at radius 2 is 2.42 bits per heavy atom. The van der Waals surface area contributed by atoms with E-state index in [0.29, 0.717) is 11.1 Å². The monoisotopic (exact) mass is 231 g/mol. The van der Waals surface area contributed by atoms with Crippen molar-refractivity contribution in [3.63, 3.8) is 0 Å². The van der Waals surface area contributed by atoms with Crippen molar-refractivity contribution in [2.75, 3.05) is 5.33 Å². The fourth-order valence-electron chi connectivity index (χ4n) is 0.691. The molecule has 0 amide bonds. The molecule has 0 aliphatic rings. The maximum absolute atomic E-state index is 10.2. The minimum Gasteiger partial charge on any atom is -0.401 e. The van der Waals surface area contributed by atoms with Crippen LogP contribution in [0.15, 0.2) is 22.6 Å². The molecule has 0 aliphatic heterocycles. The van der Waals surface area contributed by atoms with E-state index in [4.69, 9.17) is 4.42 Å². The van der Waals surface area contributed by atoms with Crippen LogP contribution in [-0.2, 0) is 0 Å². The van der Waals surface area contributed by atoms with Crippen LogP contribution in [0.2, 0.25) is 0 Å². The van der Waals surface area contributed by atoms with Gasteiger partial charge in [-0.15, -0.1) is 0 Å². The van der Waals surface area contributed by atoms with Crippen molar-refractivity contribution >= 4 is 27.9 Å². The third-order valence-electron chi connectivity index (χ3n) is 1.16. The number of nitrogens with zero attached hydrogens (tertiary/aromatic N) is 1. The zero-order chi connectivity index (χ0) is 8.97. The first-order valence-electron chi connectivity index (χ1n) is 3.21. The minimum absolute atomic E-state index is 0.232. The van der Waals surface area contributed by atoms with Crippen molar-refractivity contribution in [1.82, 2.24) is 0 Å². The molecule has 1 aromatic rings. The first kappa shape index (κ1) is 8.99. The van der Waals surface area contributed by atoms with Crippen LogP contribution in [0.4, 0.5) is 5.88 Å². The van der Waals surface area contributed by atoms with Crippen molar-refractivity contribution in [2.45, 2.75) is 0 Å². The fourth-order valence-corrected chi connectivity index (χ4v) is 0.878. The quantitative estimate of drug-likeness (QED) is 0.457. The summed E-state index contributed by atoms with van der Waals surface area (Å²) >= 11 is 3.18. The number of hydrogen-bond donors (Lipinski definition) is 0. The topological polar surface area (TPSA) is 56.3 Å². The molecule has 0 unspecified atom stereocenters. The molecule has 0 aromatic carbocycles. The van der Waals surface area contributed by atoms with Crippen LogP contribution in [0.1, 0.15) is 5.76 Å². The zero-order valence-electron chi connectivity index (χ0n) is 6.07. The summed E-state index contributed by atoms with van der Waals surface area (Å²) in [5.41, 5.74) is 0. The summed E-state index contributed by atoms with van der Waals surface area (Å²) < 4.78 is 4.84. The lowest BCUT2D eigenvalue weighted by Crippen LogP contribution is -1.82. The molecule has 0 aliphatic carbocycles. The van der Waals surface area contributed by atoms with Crippen molar-refractivity contribution < 1.29 is 9.34 Å². The van der Waals surface area contributed by atoms with Gasteiger partial charge in [-0.1, -0.05) is 22.0 Å². The Kier molecular flexibility index (Phi) is 3.04. The molecule has 1 rings (SSSR count). The number of hydrogen-bond acceptors (Lipinski definition) is 3. The Morgan fingerprint density at radius 1 is 1.67 bits per heavy atom. The second-order valence-electron chi connectivity index (χ2n) is 1.99. The largest absolute Gasteiger partial charge is 0.433 e.